The van der Waals surface area contributed by atoms with E-state index in [2.05, 4.69) is 0 Å². The van der Waals surface area contributed by atoms with Crippen molar-refractivity contribution in [3.8, 4) is 17.2 Å². The normalized spacial score (nSPS) is 24.1. The molecule has 0 radical (unpaired) electrons. The second kappa shape index (κ2) is 12.4. The summed E-state index contributed by atoms with van der Waals surface area (Å²) in [6.07, 6.45) is 2.12. The zero-order valence-corrected chi connectivity index (χ0v) is 24.9. The van der Waals surface area contributed by atoms with Gasteiger partial charge >= 0.3 is 5.97 Å². The number of aromatic hydroxyl groups is 1. The number of carbonyl (C=O) groups is 3. The number of phenols is 1. The molecule has 1 N–H and O–H groups in total. The first-order valence-electron chi connectivity index (χ1n) is 14.3. The van der Waals surface area contributed by atoms with Gasteiger partial charge in [0.25, 0.3) is 5.91 Å². The number of phenolic OH excluding ortho intramolecular Hbond substituents is 1. The van der Waals surface area contributed by atoms with Gasteiger partial charge in [-0.05, 0) is 56.0 Å². The first-order valence-corrected chi connectivity index (χ1v) is 14.6. The van der Waals surface area contributed by atoms with Crippen LogP contribution in [-0.2, 0) is 36.9 Å². The van der Waals surface area contributed by atoms with E-state index in [1.165, 1.54) is 13.2 Å². The van der Waals surface area contributed by atoms with Crippen LogP contribution in [0.2, 0.25) is 5.02 Å². The van der Waals surface area contributed by atoms with Crippen LogP contribution in [0.5, 0.6) is 17.2 Å². The van der Waals surface area contributed by atoms with Gasteiger partial charge in [0.2, 0.25) is 5.91 Å². The van der Waals surface area contributed by atoms with Crippen LogP contribution in [0.4, 0.5) is 0 Å². The number of amides is 2. The third-order valence-electron chi connectivity index (χ3n) is 8.86. The zero-order chi connectivity index (χ0) is 30.0. The van der Waals surface area contributed by atoms with E-state index in [0.717, 1.165) is 12.8 Å². The molecule has 2 amide bonds. The summed E-state index contributed by atoms with van der Waals surface area (Å²) < 4.78 is 21.9. The number of carbonyl (C=O) groups excluding carboxylic acids is 3. The van der Waals surface area contributed by atoms with Crippen LogP contribution in [0.1, 0.15) is 55.5 Å². The lowest BCUT2D eigenvalue weighted by Gasteiger charge is -2.48. The maximum absolute atomic E-state index is 14.5. The molecule has 1 saturated heterocycles. The molecule has 0 unspecified atom stereocenters. The number of morpholine rings is 1. The summed E-state index contributed by atoms with van der Waals surface area (Å²) in [6, 6.07) is 8.38. The molecule has 5 rings (SSSR count). The number of nitrogens with zero attached hydrogens (tertiary/aromatic N) is 2. The van der Waals surface area contributed by atoms with Gasteiger partial charge in [0.1, 0.15) is 36.6 Å². The number of benzene rings is 2. The summed E-state index contributed by atoms with van der Waals surface area (Å²) in [5.41, 5.74) is 0.763. The predicted molar refractivity (Wildman–Crippen MR) is 153 cm³/mol. The fourth-order valence-corrected chi connectivity index (χ4v) is 6.73. The van der Waals surface area contributed by atoms with E-state index in [1.807, 2.05) is 0 Å². The standard InChI is InChI=1S/C31H37ClN2O8/c1-31(30(38)42-17-19-7-8-20(39-2)16-25(19)40-3)12-5-4-6-22(31)29(37)34-13-11-21-23(32)9-10-24(35)27(21)28(34)33-14-15-41-18-26(33)36/h7-10,16,22,28,35H,4-6,11-15,17-18H2,1-3H3/t22-,28-,31-/m0/s1. The highest BCUT2D eigenvalue weighted by atomic mass is 35.5. The maximum atomic E-state index is 14.5. The molecule has 11 heteroatoms. The highest BCUT2D eigenvalue weighted by Gasteiger charge is 2.51. The number of halogens is 1. The minimum Gasteiger partial charge on any atom is -0.508 e. The number of hydrogen-bond donors (Lipinski definition) is 1. The lowest BCUT2D eigenvalue weighted by molar-refractivity contribution is -0.173. The van der Waals surface area contributed by atoms with Crippen molar-refractivity contribution < 1.29 is 38.4 Å². The summed E-state index contributed by atoms with van der Waals surface area (Å²) in [7, 11) is 3.10. The van der Waals surface area contributed by atoms with Gasteiger partial charge in [-0.1, -0.05) is 24.4 Å². The van der Waals surface area contributed by atoms with Crippen molar-refractivity contribution in [3.63, 3.8) is 0 Å². The fourth-order valence-electron chi connectivity index (χ4n) is 6.47. The maximum Gasteiger partial charge on any atom is 0.312 e. The van der Waals surface area contributed by atoms with Gasteiger partial charge in [0.05, 0.1) is 32.2 Å². The van der Waals surface area contributed by atoms with Crippen LogP contribution in [0, 0.1) is 11.3 Å². The number of esters is 1. The Hall–Kier alpha value is -3.50. The van der Waals surface area contributed by atoms with Gasteiger partial charge in [0, 0.05) is 35.3 Å². The molecule has 1 saturated carbocycles. The van der Waals surface area contributed by atoms with Crippen LogP contribution in [0.25, 0.3) is 0 Å². The molecule has 2 aromatic carbocycles. The van der Waals surface area contributed by atoms with Crippen molar-refractivity contribution in [2.24, 2.45) is 11.3 Å². The fraction of sp³-hybridized carbons (Fsp3) is 0.516. The molecule has 226 valence electrons. The van der Waals surface area contributed by atoms with E-state index < -0.39 is 23.5 Å². The van der Waals surface area contributed by atoms with Crippen LogP contribution < -0.4 is 9.47 Å². The van der Waals surface area contributed by atoms with Gasteiger partial charge in [-0.2, -0.15) is 0 Å². The summed E-state index contributed by atoms with van der Waals surface area (Å²) in [4.78, 5) is 44.5. The molecule has 3 aliphatic rings. The number of hydrogen-bond acceptors (Lipinski definition) is 8. The molecule has 10 nitrogen and oxygen atoms in total. The Morgan fingerprint density at radius 3 is 2.69 bits per heavy atom. The summed E-state index contributed by atoms with van der Waals surface area (Å²) in [5.74, 6) is -0.530. The molecule has 1 aliphatic carbocycles. The largest absolute Gasteiger partial charge is 0.508 e. The van der Waals surface area contributed by atoms with Gasteiger partial charge < -0.3 is 33.9 Å². The van der Waals surface area contributed by atoms with Crippen LogP contribution in [0.15, 0.2) is 30.3 Å². The van der Waals surface area contributed by atoms with E-state index >= 15 is 0 Å². The average Bonchev–Trinajstić information content (AvgIpc) is 3.01. The van der Waals surface area contributed by atoms with Crippen LogP contribution in [-0.4, -0.2) is 73.2 Å². The van der Waals surface area contributed by atoms with Gasteiger partial charge in [-0.3, -0.25) is 14.4 Å². The Balaban J connectivity index is 1.44. The van der Waals surface area contributed by atoms with Crippen molar-refractivity contribution in [2.45, 2.75) is 51.8 Å². The van der Waals surface area contributed by atoms with Crippen molar-refractivity contribution in [3.05, 3.63) is 52.0 Å². The lowest BCUT2D eigenvalue weighted by Crippen LogP contribution is -2.57. The highest BCUT2D eigenvalue weighted by molar-refractivity contribution is 6.31. The first-order chi connectivity index (χ1) is 20.2. The van der Waals surface area contributed by atoms with Gasteiger partial charge in [0.15, 0.2) is 0 Å². The first kappa shape index (κ1) is 30.0. The molecule has 0 aromatic heterocycles. The number of rotatable bonds is 7. The highest BCUT2D eigenvalue weighted by Crippen LogP contribution is 2.47. The molecule has 3 atom stereocenters. The van der Waals surface area contributed by atoms with Crippen molar-refractivity contribution >= 4 is 29.4 Å². The minimum absolute atomic E-state index is 0.0170. The molecular formula is C31H37ClN2O8. The smallest absolute Gasteiger partial charge is 0.312 e. The molecular weight excluding hydrogens is 564 g/mol. The second-order valence-electron chi connectivity index (χ2n) is 11.2. The van der Waals surface area contributed by atoms with Crippen LogP contribution >= 0.6 is 11.6 Å². The zero-order valence-electron chi connectivity index (χ0n) is 24.2. The van der Waals surface area contributed by atoms with Crippen molar-refractivity contribution in [1.82, 2.24) is 9.80 Å². The monoisotopic (exact) mass is 600 g/mol. The Labute approximate surface area is 250 Å². The van der Waals surface area contributed by atoms with Crippen LogP contribution in [0.3, 0.4) is 0 Å². The Morgan fingerprint density at radius 2 is 1.95 bits per heavy atom. The number of methoxy groups -OCH3 is 2. The van der Waals surface area contributed by atoms with Gasteiger partial charge in [-0.15, -0.1) is 0 Å². The van der Waals surface area contributed by atoms with Crippen molar-refractivity contribution in [1.29, 1.82) is 0 Å². The molecule has 42 heavy (non-hydrogen) atoms. The molecule has 2 fully saturated rings. The molecule has 0 bridgehead atoms. The topological polar surface area (TPSA) is 115 Å². The van der Waals surface area contributed by atoms with Crippen molar-refractivity contribution in [2.75, 3.05) is 40.5 Å². The summed E-state index contributed by atoms with van der Waals surface area (Å²) in [6.45, 7) is 2.52. The lowest BCUT2D eigenvalue weighted by atomic mass is 9.66. The Bertz CT molecular complexity index is 1370. The minimum atomic E-state index is -1.08. The Morgan fingerprint density at radius 1 is 1.14 bits per heavy atom. The summed E-state index contributed by atoms with van der Waals surface area (Å²) >= 11 is 6.52. The molecule has 2 aromatic rings. The SMILES string of the molecule is COc1ccc(COC(=O)[C@@]2(C)CCCC[C@H]2C(=O)N2CCc3c(Cl)ccc(O)c3[C@H]2N2CCOCC2=O)c(OC)c1. The average molecular weight is 601 g/mol. The molecule has 2 heterocycles. The van der Waals surface area contributed by atoms with E-state index in [1.54, 1.807) is 48.1 Å². The third-order valence-corrected chi connectivity index (χ3v) is 9.21. The summed E-state index contributed by atoms with van der Waals surface area (Å²) in [5, 5.41) is 11.4. The van der Waals surface area contributed by atoms with E-state index in [9.17, 15) is 19.5 Å². The van der Waals surface area contributed by atoms with E-state index in [-0.39, 0.29) is 43.9 Å². The quantitative estimate of drug-likeness (QED) is 0.469. The number of ether oxygens (including phenoxy) is 4. The predicted octanol–water partition coefficient (Wildman–Crippen LogP) is 4.24. The Kier molecular flexibility index (Phi) is 8.84. The van der Waals surface area contributed by atoms with E-state index in [0.29, 0.717) is 59.1 Å². The molecule has 0 spiro atoms. The number of fused-ring (bicyclic) bond motifs is 1. The second-order valence-corrected chi connectivity index (χ2v) is 11.6. The van der Waals surface area contributed by atoms with E-state index in [4.69, 9.17) is 30.5 Å². The molecule has 2 aliphatic heterocycles. The third kappa shape index (κ3) is 5.49. The van der Waals surface area contributed by atoms with Gasteiger partial charge in [-0.25, -0.2) is 0 Å².